The standard InChI is InChI=1S/C15H22BrNO/c1-3-11(10-17-13-5-6-13)8-12-4-7-15(18-2)14(16)9-12/h4,7,9,11,13,17H,3,5-6,8,10H2,1-2H3. The third kappa shape index (κ3) is 3.99. The van der Waals surface area contributed by atoms with Crippen molar-refractivity contribution in [3.05, 3.63) is 28.2 Å². The Morgan fingerprint density at radius 1 is 1.44 bits per heavy atom. The smallest absolute Gasteiger partial charge is 0.133 e. The Morgan fingerprint density at radius 2 is 2.22 bits per heavy atom. The van der Waals surface area contributed by atoms with Gasteiger partial charge in [-0.3, -0.25) is 0 Å². The number of nitrogens with one attached hydrogen (secondary N) is 1. The van der Waals surface area contributed by atoms with Gasteiger partial charge in [0, 0.05) is 6.04 Å². The fourth-order valence-corrected chi connectivity index (χ4v) is 2.74. The molecule has 0 saturated heterocycles. The monoisotopic (exact) mass is 311 g/mol. The van der Waals surface area contributed by atoms with Gasteiger partial charge in [0.1, 0.15) is 5.75 Å². The van der Waals surface area contributed by atoms with Crippen molar-refractivity contribution in [2.75, 3.05) is 13.7 Å². The topological polar surface area (TPSA) is 21.3 Å². The third-order valence-electron chi connectivity index (χ3n) is 3.59. The molecule has 0 amide bonds. The third-order valence-corrected chi connectivity index (χ3v) is 4.21. The molecule has 0 bridgehead atoms. The van der Waals surface area contributed by atoms with Crippen molar-refractivity contribution >= 4 is 15.9 Å². The summed E-state index contributed by atoms with van der Waals surface area (Å²) in [5, 5.41) is 3.63. The van der Waals surface area contributed by atoms with Crippen LogP contribution in [0, 0.1) is 5.92 Å². The summed E-state index contributed by atoms with van der Waals surface area (Å²) in [6.07, 6.45) is 5.09. The Hall–Kier alpha value is -0.540. The molecule has 0 heterocycles. The Morgan fingerprint density at radius 3 is 2.78 bits per heavy atom. The zero-order valence-corrected chi connectivity index (χ0v) is 12.8. The van der Waals surface area contributed by atoms with E-state index in [1.54, 1.807) is 7.11 Å². The lowest BCUT2D eigenvalue weighted by Gasteiger charge is -2.16. The minimum absolute atomic E-state index is 0.728. The van der Waals surface area contributed by atoms with Gasteiger partial charge in [0.15, 0.2) is 0 Å². The Labute approximate surface area is 118 Å². The van der Waals surface area contributed by atoms with E-state index < -0.39 is 0 Å². The fourth-order valence-electron chi connectivity index (χ4n) is 2.15. The number of hydrogen-bond acceptors (Lipinski definition) is 2. The molecule has 0 aromatic heterocycles. The molecule has 3 heteroatoms. The van der Waals surface area contributed by atoms with E-state index in [1.165, 1.54) is 24.8 Å². The lowest BCUT2D eigenvalue weighted by molar-refractivity contribution is 0.411. The molecule has 2 nitrogen and oxygen atoms in total. The molecule has 1 atom stereocenters. The quantitative estimate of drug-likeness (QED) is 0.827. The van der Waals surface area contributed by atoms with Crippen molar-refractivity contribution in [3.8, 4) is 5.75 Å². The molecule has 1 fully saturated rings. The molecule has 1 aliphatic carbocycles. The van der Waals surface area contributed by atoms with E-state index in [1.807, 2.05) is 6.07 Å². The number of hydrogen-bond donors (Lipinski definition) is 1. The van der Waals surface area contributed by atoms with Gasteiger partial charge in [-0.15, -0.1) is 0 Å². The number of rotatable bonds is 7. The van der Waals surface area contributed by atoms with Crippen molar-refractivity contribution in [1.29, 1.82) is 0 Å². The first-order valence-corrected chi connectivity index (χ1v) is 7.58. The molecule has 1 N–H and O–H groups in total. The highest BCUT2D eigenvalue weighted by Gasteiger charge is 2.21. The number of benzene rings is 1. The van der Waals surface area contributed by atoms with Gasteiger partial charge in [0.2, 0.25) is 0 Å². The van der Waals surface area contributed by atoms with Crippen LogP contribution < -0.4 is 10.1 Å². The zero-order chi connectivity index (χ0) is 13.0. The Bertz CT molecular complexity index is 390. The van der Waals surface area contributed by atoms with Gasteiger partial charge < -0.3 is 10.1 Å². The summed E-state index contributed by atoms with van der Waals surface area (Å²) in [5.41, 5.74) is 1.38. The number of ether oxygens (including phenoxy) is 1. The summed E-state index contributed by atoms with van der Waals surface area (Å²) in [4.78, 5) is 0. The summed E-state index contributed by atoms with van der Waals surface area (Å²) < 4.78 is 6.31. The summed E-state index contributed by atoms with van der Waals surface area (Å²) in [6, 6.07) is 7.20. The van der Waals surface area contributed by atoms with E-state index in [0.29, 0.717) is 0 Å². The Kier molecular flexibility index (Phi) is 5.07. The predicted molar refractivity (Wildman–Crippen MR) is 79.2 cm³/mol. The average molecular weight is 312 g/mol. The minimum atomic E-state index is 0.728. The van der Waals surface area contributed by atoms with Gasteiger partial charge in [-0.25, -0.2) is 0 Å². The van der Waals surface area contributed by atoms with E-state index in [9.17, 15) is 0 Å². The van der Waals surface area contributed by atoms with Crippen LogP contribution in [0.1, 0.15) is 31.7 Å². The Balaban J connectivity index is 1.90. The van der Waals surface area contributed by atoms with Gasteiger partial charge in [-0.1, -0.05) is 19.4 Å². The SMILES string of the molecule is CCC(CNC1CC1)Cc1ccc(OC)c(Br)c1. The zero-order valence-electron chi connectivity index (χ0n) is 11.2. The van der Waals surface area contributed by atoms with E-state index in [0.717, 1.165) is 35.1 Å². The summed E-state index contributed by atoms with van der Waals surface area (Å²) in [5.74, 6) is 1.63. The van der Waals surface area contributed by atoms with Gasteiger partial charge in [0.25, 0.3) is 0 Å². The van der Waals surface area contributed by atoms with Gasteiger partial charge in [-0.2, -0.15) is 0 Å². The largest absolute Gasteiger partial charge is 0.496 e. The predicted octanol–water partition coefficient (Wildman–Crippen LogP) is 3.78. The highest BCUT2D eigenvalue weighted by atomic mass is 79.9. The molecule has 100 valence electrons. The fraction of sp³-hybridized carbons (Fsp3) is 0.600. The summed E-state index contributed by atoms with van der Waals surface area (Å²) >= 11 is 3.55. The maximum Gasteiger partial charge on any atom is 0.133 e. The molecule has 0 aliphatic heterocycles. The van der Waals surface area contributed by atoms with Crippen LogP contribution in [-0.4, -0.2) is 19.7 Å². The van der Waals surface area contributed by atoms with Crippen LogP contribution in [0.15, 0.2) is 22.7 Å². The van der Waals surface area contributed by atoms with Crippen LogP contribution in [0.25, 0.3) is 0 Å². The molecule has 0 spiro atoms. The summed E-state index contributed by atoms with van der Waals surface area (Å²) in [6.45, 7) is 3.42. The molecule has 1 saturated carbocycles. The van der Waals surface area contributed by atoms with E-state index in [-0.39, 0.29) is 0 Å². The molecular formula is C15H22BrNO. The normalized spacial score (nSPS) is 16.6. The van der Waals surface area contributed by atoms with Crippen molar-refractivity contribution in [2.24, 2.45) is 5.92 Å². The van der Waals surface area contributed by atoms with Crippen molar-refractivity contribution in [2.45, 2.75) is 38.6 Å². The van der Waals surface area contributed by atoms with E-state index >= 15 is 0 Å². The lowest BCUT2D eigenvalue weighted by Crippen LogP contribution is -2.25. The van der Waals surface area contributed by atoms with Crippen LogP contribution in [0.4, 0.5) is 0 Å². The molecule has 1 aromatic carbocycles. The maximum absolute atomic E-state index is 5.26. The van der Waals surface area contributed by atoms with Gasteiger partial charge in [0.05, 0.1) is 11.6 Å². The molecule has 0 radical (unpaired) electrons. The van der Waals surface area contributed by atoms with Crippen LogP contribution >= 0.6 is 15.9 Å². The van der Waals surface area contributed by atoms with Crippen molar-refractivity contribution < 1.29 is 4.74 Å². The number of halogens is 1. The second-order valence-electron chi connectivity index (χ2n) is 5.13. The van der Waals surface area contributed by atoms with Crippen LogP contribution in [0.2, 0.25) is 0 Å². The first-order chi connectivity index (χ1) is 8.72. The minimum Gasteiger partial charge on any atom is -0.496 e. The van der Waals surface area contributed by atoms with Crippen LogP contribution in [0.3, 0.4) is 0 Å². The molecule has 2 rings (SSSR count). The molecule has 1 aliphatic rings. The van der Waals surface area contributed by atoms with Gasteiger partial charge in [-0.05, 0) is 65.4 Å². The van der Waals surface area contributed by atoms with Crippen molar-refractivity contribution in [3.63, 3.8) is 0 Å². The highest BCUT2D eigenvalue weighted by molar-refractivity contribution is 9.10. The number of methoxy groups -OCH3 is 1. The second-order valence-corrected chi connectivity index (χ2v) is 5.98. The molecule has 1 unspecified atom stereocenters. The van der Waals surface area contributed by atoms with Crippen LogP contribution in [-0.2, 0) is 6.42 Å². The van der Waals surface area contributed by atoms with E-state index in [2.05, 4.69) is 40.3 Å². The first kappa shape index (κ1) is 13.9. The second kappa shape index (κ2) is 6.58. The first-order valence-electron chi connectivity index (χ1n) is 6.78. The summed E-state index contributed by atoms with van der Waals surface area (Å²) in [7, 11) is 1.70. The molecular weight excluding hydrogens is 290 g/mol. The highest BCUT2D eigenvalue weighted by Crippen LogP contribution is 2.27. The van der Waals surface area contributed by atoms with E-state index in [4.69, 9.17) is 4.74 Å². The lowest BCUT2D eigenvalue weighted by atomic mass is 9.97. The van der Waals surface area contributed by atoms with Crippen LogP contribution in [0.5, 0.6) is 5.75 Å². The maximum atomic E-state index is 5.26. The van der Waals surface area contributed by atoms with Crippen molar-refractivity contribution in [1.82, 2.24) is 5.32 Å². The average Bonchev–Trinajstić information content (AvgIpc) is 3.18. The molecule has 18 heavy (non-hydrogen) atoms. The van der Waals surface area contributed by atoms with Gasteiger partial charge >= 0.3 is 0 Å². The molecule has 1 aromatic rings.